The lowest BCUT2D eigenvalue weighted by molar-refractivity contribution is 0.626. The van der Waals surface area contributed by atoms with Crippen molar-refractivity contribution in [3.8, 4) is 0 Å². The second-order valence-corrected chi connectivity index (χ2v) is 4.75. The van der Waals surface area contributed by atoms with Gasteiger partial charge in [0.25, 0.3) is 0 Å². The van der Waals surface area contributed by atoms with Crippen LogP contribution in [0.5, 0.6) is 0 Å². The molecule has 0 fully saturated rings. The van der Waals surface area contributed by atoms with Crippen molar-refractivity contribution >= 4 is 10.8 Å². The summed E-state index contributed by atoms with van der Waals surface area (Å²) in [5.74, 6) is 0.587. The molecule has 0 amide bonds. The third-order valence-corrected chi connectivity index (χ3v) is 3.46. The van der Waals surface area contributed by atoms with Crippen LogP contribution in [-0.2, 0) is 23.6 Å². The van der Waals surface area contributed by atoms with Gasteiger partial charge in [0, 0.05) is 11.9 Å². The molecule has 0 aliphatic carbocycles. The largest absolute Gasteiger partial charge is 0.320 e. The maximum atomic E-state index is 12.7. The van der Waals surface area contributed by atoms with Crippen LogP contribution in [-0.4, -0.2) is 19.0 Å². The van der Waals surface area contributed by atoms with Gasteiger partial charge in [-0.2, -0.15) is 0 Å². The zero-order chi connectivity index (χ0) is 11.5. The van der Waals surface area contributed by atoms with Crippen LogP contribution in [0.4, 0.5) is 4.39 Å². The Bertz CT molecular complexity index is 509. The minimum absolute atomic E-state index is 0.280. The maximum absolute atomic E-state index is 12.7. The van der Waals surface area contributed by atoms with E-state index in [1.54, 1.807) is 17.9 Å². The van der Waals surface area contributed by atoms with Crippen molar-refractivity contribution in [3.63, 3.8) is 0 Å². The van der Waals surface area contributed by atoms with Crippen molar-refractivity contribution < 1.29 is 8.60 Å². The van der Waals surface area contributed by atoms with Crippen LogP contribution in [0.25, 0.3) is 0 Å². The van der Waals surface area contributed by atoms with Crippen molar-refractivity contribution in [2.75, 3.05) is 0 Å². The highest BCUT2D eigenvalue weighted by Gasteiger charge is 2.09. The minimum atomic E-state index is -1.22. The normalized spacial score (nSPS) is 12.6. The van der Waals surface area contributed by atoms with Crippen molar-refractivity contribution in [2.45, 2.75) is 10.6 Å². The zero-order valence-electron chi connectivity index (χ0n) is 8.63. The monoisotopic (exact) mass is 239 g/mol. The van der Waals surface area contributed by atoms with Gasteiger partial charge in [-0.3, -0.25) is 4.21 Å². The van der Waals surface area contributed by atoms with Crippen LogP contribution < -0.4 is 0 Å². The number of aromatic nitrogens is 3. The van der Waals surface area contributed by atoms with Crippen molar-refractivity contribution in [1.29, 1.82) is 0 Å². The molecule has 6 heteroatoms. The number of hydrogen-bond acceptors (Lipinski definition) is 3. The van der Waals surface area contributed by atoms with Gasteiger partial charge in [0.1, 0.15) is 18.0 Å². The summed E-state index contributed by atoms with van der Waals surface area (Å²) in [6, 6.07) is 5.62. The number of rotatable bonds is 3. The first-order valence-electron chi connectivity index (χ1n) is 4.63. The predicted octanol–water partition coefficient (Wildman–Crippen LogP) is 1.26. The molecule has 0 spiro atoms. The molecule has 0 aliphatic rings. The summed E-state index contributed by atoms with van der Waals surface area (Å²) in [6.07, 6.45) is 1.55. The fourth-order valence-electron chi connectivity index (χ4n) is 1.22. The van der Waals surface area contributed by atoms with Crippen LogP contribution >= 0.6 is 0 Å². The molecular weight excluding hydrogens is 229 g/mol. The number of nitrogens with zero attached hydrogens (tertiary/aromatic N) is 3. The lowest BCUT2D eigenvalue weighted by Gasteiger charge is -2.01. The van der Waals surface area contributed by atoms with Crippen LogP contribution in [0, 0.1) is 5.82 Å². The van der Waals surface area contributed by atoms with E-state index in [4.69, 9.17) is 0 Å². The highest BCUT2D eigenvalue weighted by atomic mass is 32.2. The Balaban J connectivity index is 2.15. The first kappa shape index (κ1) is 10.9. The topological polar surface area (TPSA) is 47.8 Å². The molecule has 1 aromatic carbocycles. The molecule has 0 radical (unpaired) electrons. The van der Waals surface area contributed by atoms with Gasteiger partial charge in [0.2, 0.25) is 0 Å². The molecule has 1 heterocycles. The number of halogens is 1. The van der Waals surface area contributed by atoms with Gasteiger partial charge in [0.05, 0.1) is 16.6 Å². The Morgan fingerprint density at radius 3 is 2.62 bits per heavy atom. The molecule has 4 nitrogen and oxygen atoms in total. The van der Waals surface area contributed by atoms with E-state index in [0.29, 0.717) is 10.7 Å². The van der Waals surface area contributed by atoms with Crippen LogP contribution in [0.15, 0.2) is 35.5 Å². The number of benzene rings is 1. The average Bonchev–Trinajstić information content (AvgIpc) is 2.65. The molecule has 2 rings (SSSR count). The lowest BCUT2D eigenvalue weighted by atomic mass is 10.4. The Hall–Kier alpha value is -1.56. The van der Waals surface area contributed by atoms with E-state index in [2.05, 4.69) is 10.2 Å². The van der Waals surface area contributed by atoms with Crippen LogP contribution in [0.1, 0.15) is 5.82 Å². The highest BCUT2D eigenvalue weighted by molar-refractivity contribution is 7.84. The molecule has 1 atom stereocenters. The van der Waals surface area contributed by atoms with Gasteiger partial charge in [-0.05, 0) is 24.3 Å². The molecule has 84 valence electrons. The molecular formula is C10H10FN3OS. The van der Waals surface area contributed by atoms with Crippen LogP contribution in [0.2, 0.25) is 0 Å². The summed E-state index contributed by atoms with van der Waals surface area (Å²) in [7, 11) is 0.568. The highest BCUT2D eigenvalue weighted by Crippen LogP contribution is 2.11. The smallest absolute Gasteiger partial charge is 0.145 e. The summed E-state index contributed by atoms with van der Waals surface area (Å²) >= 11 is 0. The molecule has 1 unspecified atom stereocenters. The average molecular weight is 239 g/mol. The first-order valence-corrected chi connectivity index (χ1v) is 5.95. The van der Waals surface area contributed by atoms with E-state index in [9.17, 15) is 8.60 Å². The lowest BCUT2D eigenvalue weighted by Crippen LogP contribution is -2.03. The molecule has 16 heavy (non-hydrogen) atoms. The van der Waals surface area contributed by atoms with Gasteiger partial charge in [-0.15, -0.1) is 10.2 Å². The van der Waals surface area contributed by atoms with Gasteiger partial charge >= 0.3 is 0 Å². The van der Waals surface area contributed by atoms with Gasteiger partial charge in [0.15, 0.2) is 0 Å². The minimum Gasteiger partial charge on any atom is -0.320 e. The quantitative estimate of drug-likeness (QED) is 0.810. The Labute approximate surface area is 94.6 Å². The van der Waals surface area contributed by atoms with E-state index in [1.165, 1.54) is 24.3 Å². The summed E-state index contributed by atoms with van der Waals surface area (Å²) in [5.41, 5.74) is 0. The summed E-state index contributed by atoms with van der Waals surface area (Å²) < 4.78 is 26.3. The van der Waals surface area contributed by atoms with Gasteiger partial charge in [-0.1, -0.05) is 0 Å². The van der Waals surface area contributed by atoms with E-state index in [1.807, 2.05) is 0 Å². The third kappa shape index (κ3) is 2.33. The molecule has 0 saturated heterocycles. The van der Waals surface area contributed by atoms with E-state index >= 15 is 0 Å². The van der Waals surface area contributed by atoms with E-state index < -0.39 is 10.8 Å². The molecule has 0 bridgehead atoms. The summed E-state index contributed by atoms with van der Waals surface area (Å²) in [6.45, 7) is 0. The Kier molecular flexibility index (Phi) is 3.09. The van der Waals surface area contributed by atoms with E-state index in [0.717, 1.165) is 0 Å². The second-order valence-electron chi connectivity index (χ2n) is 3.30. The van der Waals surface area contributed by atoms with E-state index in [-0.39, 0.29) is 11.6 Å². The zero-order valence-corrected chi connectivity index (χ0v) is 9.45. The number of hydrogen-bond donors (Lipinski definition) is 0. The molecule has 1 aromatic heterocycles. The molecule has 0 N–H and O–H groups in total. The number of aryl methyl sites for hydroxylation is 1. The van der Waals surface area contributed by atoms with Gasteiger partial charge in [-0.25, -0.2) is 4.39 Å². The standard InChI is InChI=1S/C10H10FN3OS/c1-14-7-12-13-10(14)6-16(15)9-4-2-8(11)3-5-9/h2-5,7H,6H2,1H3. The summed E-state index contributed by atoms with van der Waals surface area (Å²) in [5, 5.41) is 7.55. The van der Waals surface area contributed by atoms with Crippen LogP contribution in [0.3, 0.4) is 0 Å². The van der Waals surface area contributed by atoms with Crippen molar-refractivity contribution in [1.82, 2.24) is 14.8 Å². The molecule has 0 saturated carbocycles. The third-order valence-electron chi connectivity index (χ3n) is 2.14. The Morgan fingerprint density at radius 2 is 2.06 bits per heavy atom. The first-order chi connectivity index (χ1) is 7.66. The molecule has 2 aromatic rings. The predicted molar refractivity (Wildman–Crippen MR) is 57.5 cm³/mol. The van der Waals surface area contributed by atoms with Crippen molar-refractivity contribution in [2.24, 2.45) is 7.05 Å². The molecule has 0 aliphatic heterocycles. The Morgan fingerprint density at radius 1 is 1.38 bits per heavy atom. The summed E-state index contributed by atoms with van der Waals surface area (Å²) in [4.78, 5) is 0.587. The maximum Gasteiger partial charge on any atom is 0.145 e. The fraction of sp³-hybridized carbons (Fsp3) is 0.200. The fourth-order valence-corrected chi connectivity index (χ4v) is 2.33. The van der Waals surface area contributed by atoms with Crippen molar-refractivity contribution in [3.05, 3.63) is 42.2 Å². The second kappa shape index (κ2) is 4.52. The van der Waals surface area contributed by atoms with Gasteiger partial charge < -0.3 is 4.57 Å². The SMILES string of the molecule is Cn1cnnc1CS(=O)c1ccc(F)cc1.